The van der Waals surface area contributed by atoms with Gasteiger partial charge in [-0.2, -0.15) is 15.1 Å². The Hall–Kier alpha value is -1.90. The molecule has 20 heavy (non-hydrogen) atoms. The highest BCUT2D eigenvalue weighted by Gasteiger charge is 2.22. The van der Waals surface area contributed by atoms with Crippen molar-refractivity contribution >= 4 is 32.6 Å². The molecule has 2 aromatic rings. The van der Waals surface area contributed by atoms with Gasteiger partial charge in [-0.1, -0.05) is 0 Å². The zero-order valence-electron chi connectivity index (χ0n) is 11.1. The molecule has 108 valence electrons. The first-order valence-corrected chi connectivity index (χ1v) is 8.25. The first-order valence-electron chi connectivity index (χ1n) is 6.43. The van der Waals surface area contributed by atoms with E-state index in [9.17, 15) is 8.42 Å². The van der Waals surface area contributed by atoms with Crippen LogP contribution in [0.4, 0.5) is 11.8 Å². The van der Waals surface area contributed by atoms with Gasteiger partial charge in [-0.15, -0.1) is 0 Å². The number of hydrogen-bond acceptors (Lipinski definition) is 7. The third-order valence-electron chi connectivity index (χ3n) is 3.37. The highest BCUT2D eigenvalue weighted by atomic mass is 32.2. The second-order valence-corrected chi connectivity index (χ2v) is 7.05. The van der Waals surface area contributed by atoms with Crippen molar-refractivity contribution in [3.8, 4) is 0 Å². The van der Waals surface area contributed by atoms with Crippen molar-refractivity contribution in [3.63, 3.8) is 0 Å². The summed E-state index contributed by atoms with van der Waals surface area (Å²) >= 11 is 0. The Kier molecular flexibility index (Phi) is 3.20. The fraction of sp³-hybridized carbons (Fsp3) is 0.545. The minimum atomic E-state index is -2.94. The third kappa shape index (κ3) is 2.40. The van der Waals surface area contributed by atoms with Crippen molar-refractivity contribution < 1.29 is 8.42 Å². The van der Waals surface area contributed by atoms with Crippen LogP contribution in [0.1, 0.15) is 6.42 Å². The standard InChI is InChI=1S/C11H16N6O2S/c1-12-11-14-9-8(7-13-16-9)10(15-11)17-3-2-5-20(18,19)6-4-17/h7H,2-6H2,1H3,(H2,12,13,14,15,16). The molecule has 3 heterocycles. The van der Waals surface area contributed by atoms with Crippen molar-refractivity contribution in [2.24, 2.45) is 0 Å². The summed E-state index contributed by atoms with van der Waals surface area (Å²) < 4.78 is 23.4. The number of nitrogens with zero attached hydrogens (tertiary/aromatic N) is 4. The van der Waals surface area contributed by atoms with Crippen molar-refractivity contribution in [2.75, 3.05) is 41.9 Å². The van der Waals surface area contributed by atoms with E-state index < -0.39 is 9.84 Å². The SMILES string of the molecule is CNc1nc(N2CCCS(=O)(=O)CC2)c2cn[nH]c2n1. The van der Waals surface area contributed by atoms with Crippen LogP contribution < -0.4 is 10.2 Å². The zero-order chi connectivity index (χ0) is 14.2. The summed E-state index contributed by atoms with van der Waals surface area (Å²) in [6.07, 6.45) is 2.28. The van der Waals surface area contributed by atoms with E-state index in [1.165, 1.54) is 0 Å². The normalized spacial score (nSPS) is 18.9. The topological polar surface area (TPSA) is 104 Å². The summed E-state index contributed by atoms with van der Waals surface area (Å²) in [7, 11) is -1.20. The summed E-state index contributed by atoms with van der Waals surface area (Å²) in [6.45, 7) is 1.11. The van der Waals surface area contributed by atoms with Crippen molar-refractivity contribution in [2.45, 2.75) is 6.42 Å². The Bertz CT molecular complexity index is 726. The van der Waals surface area contributed by atoms with Crippen molar-refractivity contribution in [1.29, 1.82) is 0 Å². The highest BCUT2D eigenvalue weighted by molar-refractivity contribution is 7.91. The zero-order valence-corrected chi connectivity index (χ0v) is 11.9. The Balaban J connectivity index is 2.02. The minimum Gasteiger partial charge on any atom is -0.357 e. The van der Waals surface area contributed by atoms with Gasteiger partial charge in [0.05, 0.1) is 23.1 Å². The van der Waals surface area contributed by atoms with Gasteiger partial charge in [-0.05, 0) is 6.42 Å². The molecule has 0 saturated carbocycles. The highest BCUT2D eigenvalue weighted by Crippen LogP contribution is 2.25. The van der Waals surface area contributed by atoms with E-state index in [2.05, 4.69) is 25.5 Å². The minimum absolute atomic E-state index is 0.158. The molecule has 3 rings (SSSR count). The second-order valence-electron chi connectivity index (χ2n) is 4.75. The van der Waals surface area contributed by atoms with Crippen LogP contribution in [0, 0.1) is 0 Å². The lowest BCUT2D eigenvalue weighted by atomic mass is 10.3. The summed E-state index contributed by atoms with van der Waals surface area (Å²) in [4.78, 5) is 10.7. The molecule has 2 aromatic heterocycles. The molecule has 0 aliphatic carbocycles. The predicted octanol–water partition coefficient (Wildman–Crippen LogP) is 0.0195. The van der Waals surface area contributed by atoms with Gasteiger partial charge in [0.1, 0.15) is 5.82 Å². The van der Waals surface area contributed by atoms with Gasteiger partial charge < -0.3 is 10.2 Å². The lowest BCUT2D eigenvalue weighted by Gasteiger charge is -2.21. The van der Waals surface area contributed by atoms with Crippen LogP contribution in [0.2, 0.25) is 0 Å². The molecule has 1 aliphatic rings. The van der Waals surface area contributed by atoms with E-state index in [0.717, 1.165) is 11.2 Å². The number of aromatic nitrogens is 4. The molecule has 0 aromatic carbocycles. The average molecular weight is 296 g/mol. The molecule has 2 N–H and O–H groups in total. The van der Waals surface area contributed by atoms with Crippen LogP contribution in [0.5, 0.6) is 0 Å². The summed E-state index contributed by atoms with van der Waals surface area (Å²) in [5.41, 5.74) is 0.645. The van der Waals surface area contributed by atoms with Gasteiger partial charge >= 0.3 is 0 Å². The van der Waals surface area contributed by atoms with Gasteiger partial charge in [0, 0.05) is 20.1 Å². The Morgan fingerprint density at radius 3 is 2.95 bits per heavy atom. The summed E-state index contributed by atoms with van der Waals surface area (Å²) in [5, 5.41) is 10.5. The quantitative estimate of drug-likeness (QED) is 0.805. The monoisotopic (exact) mass is 296 g/mol. The average Bonchev–Trinajstić information content (AvgIpc) is 2.82. The van der Waals surface area contributed by atoms with E-state index in [0.29, 0.717) is 31.1 Å². The Labute approximate surface area is 116 Å². The van der Waals surface area contributed by atoms with E-state index in [4.69, 9.17) is 0 Å². The molecule has 0 spiro atoms. The second kappa shape index (κ2) is 4.89. The van der Waals surface area contributed by atoms with Crippen LogP contribution in [-0.4, -0.2) is 60.2 Å². The van der Waals surface area contributed by atoms with E-state index in [1.807, 2.05) is 4.90 Å². The van der Waals surface area contributed by atoms with Crippen LogP contribution in [0.3, 0.4) is 0 Å². The third-order valence-corrected chi connectivity index (χ3v) is 5.08. The van der Waals surface area contributed by atoms with Gasteiger partial charge in [-0.3, -0.25) is 5.10 Å². The van der Waals surface area contributed by atoms with Crippen LogP contribution >= 0.6 is 0 Å². The summed E-state index contributed by atoms with van der Waals surface area (Å²) in [6, 6.07) is 0. The molecule has 0 radical (unpaired) electrons. The number of aromatic amines is 1. The number of sulfone groups is 1. The van der Waals surface area contributed by atoms with Gasteiger partial charge in [0.15, 0.2) is 15.5 Å². The Morgan fingerprint density at radius 1 is 1.30 bits per heavy atom. The fourth-order valence-electron chi connectivity index (χ4n) is 2.32. The fourth-order valence-corrected chi connectivity index (χ4v) is 3.59. The molecule has 9 heteroatoms. The number of rotatable bonds is 2. The molecule has 0 atom stereocenters. The van der Waals surface area contributed by atoms with Crippen molar-refractivity contribution in [1.82, 2.24) is 20.2 Å². The van der Waals surface area contributed by atoms with Gasteiger partial charge in [0.2, 0.25) is 5.95 Å². The van der Waals surface area contributed by atoms with E-state index in [-0.39, 0.29) is 11.5 Å². The molecule has 1 aliphatic heterocycles. The maximum Gasteiger partial charge on any atom is 0.226 e. The smallest absolute Gasteiger partial charge is 0.226 e. The summed E-state index contributed by atoms with van der Waals surface area (Å²) in [5.74, 6) is 1.61. The molecule has 0 amide bonds. The molecule has 8 nitrogen and oxygen atoms in total. The number of H-pyrrole nitrogens is 1. The maximum atomic E-state index is 11.7. The molecule has 0 unspecified atom stereocenters. The maximum absolute atomic E-state index is 11.7. The number of anilines is 2. The lowest BCUT2D eigenvalue weighted by Crippen LogP contribution is -2.28. The predicted molar refractivity (Wildman–Crippen MR) is 76.7 cm³/mol. The molecular formula is C11H16N6O2S. The van der Waals surface area contributed by atoms with Gasteiger partial charge in [-0.25, -0.2) is 8.42 Å². The van der Waals surface area contributed by atoms with Crippen LogP contribution in [-0.2, 0) is 9.84 Å². The first-order chi connectivity index (χ1) is 9.59. The van der Waals surface area contributed by atoms with E-state index in [1.54, 1.807) is 13.2 Å². The van der Waals surface area contributed by atoms with Crippen LogP contribution in [0.15, 0.2) is 6.20 Å². The molecule has 1 fully saturated rings. The molecular weight excluding hydrogens is 280 g/mol. The number of nitrogens with one attached hydrogen (secondary N) is 2. The first kappa shape index (κ1) is 13.1. The molecule has 0 bridgehead atoms. The largest absolute Gasteiger partial charge is 0.357 e. The number of hydrogen-bond donors (Lipinski definition) is 2. The van der Waals surface area contributed by atoms with E-state index >= 15 is 0 Å². The number of fused-ring (bicyclic) bond motifs is 1. The van der Waals surface area contributed by atoms with Crippen LogP contribution in [0.25, 0.3) is 11.0 Å². The van der Waals surface area contributed by atoms with Crippen molar-refractivity contribution in [3.05, 3.63) is 6.20 Å². The lowest BCUT2D eigenvalue weighted by molar-refractivity contribution is 0.597. The Morgan fingerprint density at radius 2 is 2.15 bits per heavy atom. The van der Waals surface area contributed by atoms with Gasteiger partial charge in [0.25, 0.3) is 0 Å². The molecule has 1 saturated heterocycles.